The summed E-state index contributed by atoms with van der Waals surface area (Å²) in [6, 6.07) is 0. The zero-order valence-electron chi connectivity index (χ0n) is 7.55. The van der Waals surface area contributed by atoms with Gasteiger partial charge in [0.05, 0.1) is 0 Å². The van der Waals surface area contributed by atoms with Gasteiger partial charge in [0, 0.05) is 5.92 Å². The third-order valence-corrected chi connectivity index (χ3v) is 3.01. The molecule has 0 saturated heterocycles. The van der Waals surface area contributed by atoms with E-state index in [2.05, 4.69) is 13.8 Å². The van der Waals surface area contributed by atoms with Crippen LogP contribution in [0.2, 0.25) is 0 Å². The van der Waals surface area contributed by atoms with E-state index in [9.17, 15) is 4.79 Å². The minimum Gasteiger partial charge on any atom is -0.303 e. The van der Waals surface area contributed by atoms with Crippen molar-refractivity contribution in [3.8, 4) is 0 Å². The molecule has 0 aromatic heterocycles. The molecule has 1 aliphatic rings. The summed E-state index contributed by atoms with van der Waals surface area (Å²) in [6.45, 7) is 4.44. The lowest BCUT2D eigenvalue weighted by Crippen LogP contribution is -2.24. The van der Waals surface area contributed by atoms with Crippen molar-refractivity contribution >= 4 is 6.29 Å². The van der Waals surface area contributed by atoms with E-state index in [0.717, 1.165) is 12.3 Å². The van der Waals surface area contributed by atoms with Gasteiger partial charge in [-0.05, 0) is 24.7 Å². The van der Waals surface area contributed by atoms with Gasteiger partial charge in [-0.1, -0.05) is 26.7 Å². The summed E-state index contributed by atoms with van der Waals surface area (Å²) < 4.78 is 0. The minimum absolute atomic E-state index is 0.365. The fourth-order valence-corrected chi connectivity index (χ4v) is 2.16. The molecule has 1 fully saturated rings. The van der Waals surface area contributed by atoms with Gasteiger partial charge in [0.15, 0.2) is 0 Å². The van der Waals surface area contributed by atoms with Crippen LogP contribution in [0.15, 0.2) is 0 Å². The molecule has 0 spiro atoms. The van der Waals surface area contributed by atoms with E-state index in [1.165, 1.54) is 25.5 Å². The minimum atomic E-state index is 0.365. The molecule has 0 bridgehead atoms. The van der Waals surface area contributed by atoms with Gasteiger partial charge in [-0.15, -0.1) is 0 Å². The van der Waals surface area contributed by atoms with Crippen LogP contribution in [0.3, 0.4) is 0 Å². The molecule has 64 valence electrons. The van der Waals surface area contributed by atoms with Gasteiger partial charge in [0.1, 0.15) is 6.29 Å². The van der Waals surface area contributed by atoms with Crippen LogP contribution < -0.4 is 0 Å². The van der Waals surface area contributed by atoms with Gasteiger partial charge in [-0.3, -0.25) is 0 Å². The number of carbonyl (C=O) groups excluding carboxylic acids is 1. The first-order chi connectivity index (χ1) is 5.27. The maximum absolute atomic E-state index is 10.7. The average molecular weight is 154 g/mol. The van der Waals surface area contributed by atoms with Gasteiger partial charge in [0.25, 0.3) is 0 Å². The summed E-state index contributed by atoms with van der Waals surface area (Å²) in [7, 11) is 0. The molecule has 1 aliphatic carbocycles. The summed E-state index contributed by atoms with van der Waals surface area (Å²) in [5.74, 6) is 1.82. The lowest BCUT2D eigenvalue weighted by molar-refractivity contribution is -0.114. The maximum Gasteiger partial charge on any atom is 0.123 e. The first kappa shape index (κ1) is 8.76. The Morgan fingerprint density at radius 1 is 1.45 bits per heavy atom. The Morgan fingerprint density at radius 2 is 2.18 bits per heavy atom. The molecular formula is C10H18O. The van der Waals surface area contributed by atoms with Crippen LogP contribution in [0, 0.1) is 17.8 Å². The standard InChI is InChI=1S/C10H18O/c1-3-9-5-4-8(2)6-10(9)7-11/h7-10H,3-6H2,1-2H3/t8-,9-,10+/m1/s1. The first-order valence-electron chi connectivity index (χ1n) is 4.73. The second kappa shape index (κ2) is 3.89. The second-order valence-corrected chi connectivity index (χ2v) is 3.89. The predicted octanol–water partition coefficient (Wildman–Crippen LogP) is 2.65. The number of aldehydes is 1. The predicted molar refractivity (Wildman–Crippen MR) is 46.4 cm³/mol. The van der Waals surface area contributed by atoms with Crippen LogP contribution in [0.1, 0.15) is 39.5 Å². The topological polar surface area (TPSA) is 17.1 Å². The molecule has 0 aliphatic heterocycles. The number of hydrogen-bond donors (Lipinski definition) is 0. The van der Waals surface area contributed by atoms with Crippen molar-refractivity contribution in [2.24, 2.45) is 17.8 Å². The summed E-state index contributed by atoms with van der Waals surface area (Å²) in [4.78, 5) is 10.7. The molecular weight excluding hydrogens is 136 g/mol. The molecule has 0 N–H and O–H groups in total. The summed E-state index contributed by atoms with van der Waals surface area (Å²) in [5.41, 5.74) is 0. The van der Waals surface area contributed by atoms with Crippen LogP contribution in [0.25, 0.3) is 0 Å². The van der Waals surface area contributed by atoms with Crippen molar-refractivity contribution in [1.82, 2.24) is 0 Å². The van der Waals surface area contributed by atoms with E-state index in [0.29, 0.717) is 11.8 Å². The van der Waals surface area contributed by atoms with Gasteiger partial charge >= 0.3 is 0 Å². The molecule has 1 heteroatoms. The molecule has 3 atom stereocenters. The highest BCUT2D eigenvalue weighted by Gasteiger charge is 2.26. The Kier molecular flexibility index (Phi) is 3.10. The summed E-state index contributed by atoms with van der Waals surface area (Å²) >= 11 is 0. The molecule has 0 aromatic carbocycles. The largest absolute Gasteiger partial charge is 0.303 e. The number of rotatable bonds is 2. The SMILES string of the molecule is CC[C@@H]1CC[C@@H](C)C[C@H]1C=O. The van der Waals surface area contributed by atoms with E-state index in [4.69, 9.17) is 0 Å². The van der Waals surface area contributed by atoms with Crippen molar-refractivity contribution < 1.29 is 4.79 Å². The molecule has 1 rings (SSSR count). The van der Waals surface area contributed by atoms with E-state index in [1.807, 2.05) is 0 Å². The Morgan fingerprint density at radius 3 is 2.73 bits per heavy atom. The fraction of sp³-hybridized carbons (Fsp3) is 0.900. The van der Waals surface area contributed by atoms with Crippen LogP contribution in [-0.4, -0.2) is 6.29 Å². The molecule has 1 nitrogen and oxygen atoms in total. The van der Waals surface area contributed by atoms with Crippen molar-refractivity contribution in [2.75, 3.05) is 0 Å². The number of hydrogen-bond acceptors (Lipinski definition) is 1. The summed E-state index contributed by atoms with van der Waals surface area (Å²) in [6.07, 6.45) is 6.06. The molecule has 0 heterocycles. The van der Waals surface area contributed by atoms with Gasteiger partial charge in [-0.2, -0.15) is 0 Å². The lowest BCUT2D eigenvalue weighted by Gasteiger charge is -2.30. The molecule has 0 unspecified atom stereocenters. The Labute approximate surface area is 69.2 Å². The highest BCUT2D eigenvalue weighted by molar-refractivity contribution is 5.54. The summed E-state index contributed by atoms with van der Waals surface area (Å²) in [5, 5.41) is 0. The van der Waals surface area contributed by atoms with E-state index in [-0.39, 0.29) is 0 Å². The fourth-order valence-electron chi connectivity index (χ4n) is 2.16. The van der Waals surface area contributed by atoms with Crippen LogP contribution in [-0.2, 0) is 4.79 Å². The van der Waals surface area contributed by atoms with Gasteiger partial charge in [0.2, 0.25) is 0 Å². The first-order valence-corrected chi connectivity index (χ1v) is 4.73. The van der Waals surface area contributed by atoms with E-state index >= 15 is 0 Å². The molecule has 0 amide bonds. The zero-order valence-corrected chi connectivity index (χ0v) is 7.55. The third-order valence-electron chi connectivity index (χ3n) is 3.01. The number of carbonyl (C=O) groups is 1. The van der Waals surface area contributed by atoms with E-state index in [1.54, 1.807) is 0 Å². The van der Waals surface area contributed by atoms with Crippen molar-refractivity contribution in [1.29, 1.82) is 0 Å². The van der Waals surface area contributed by atoms with Crippen molar-refractivity contribution in [3.63, 3.8) is 0 Å². The molecule has 11 heavy (non-hydrogen) atoms. The normalized spacial score (nSPS) is 38.5. The van der Waals surface area contributed by atoms with E-state index < -0.39 is 0 Å². The van der Waals surface area contributed by atoms with Crippen LogP contribution in [0.4, 0.5) is 0 Å². The smallest absolute Gasteiger partial charge is 0.123 e. The highest BCUT2D eigenvalue weighted by Crippen LogP contribution is 2.34. The van der Waals surface area contributed by atoms with Crippen molar-refractivity contribution in [2.45, 2.75) is 39.5 Å². The highest BCUT2D eigenvalue weighted by atomic mass is 16.1. The van der Waals surface area contributed by atoms with Crippen LogP contribution in [0.5, 0.6) is 0 Å². The second-order valence-electron chi connectivity index (χ2n) is 3.89. The van der Waals surface area contributed by atoms with Crippen molar-refractivity contribution in [3.05, 3.63) is 0 Å². The van der Waals surface area contributed by atoms with Gasteiger partial charge < -0.3 is 4.79 Å². The third kappa shape index (κ3) is 2.05. The molecule has 1 saturated carbocycles. The Bertz CT molecular complexity index is 131. The van der Waals surface area contributed by atoms with Crippen LogP contribution >= 0.6 is 0 Å². The molecule has 0 aromatic rings. The Balaban J connectivity index is 2.47. The van der Waals surface area contributed by atoms with Gasteiger partial charge in [-0.25, -0.2) is 0 Å². The maximum atomic E-state index is 10.7. The monoisotopic (exact) mass is 154 g/mol. The lowest BCUT2D eigenvalue weighted by atomic mass is 9.74. The quantitative estimate of drug-likeness (QED) is 0.559. The Hall–Kier alpha value is -0.330. The zero-order chi connectivity index (χ0) is 8.27. The average Bonchev–Trinajstić information content (AvgIpc) is 2.04. The molecule has 0 radical (unpaired) electrons.